The number of ether oxygens (including phenoxy) is 2. The summed E-state index contributed by atoms with van der Waals surface area (Å²) in [6.45, 7) is 1.03. The minimum atomic E-state index is 0.164. The SMILES string of the molecule is Nc1nonc1OCCCCCCOc1nonc1N. The maximum Gasteiger partial charge on any atom is 0.300 e. The summed E-state index contributed by atoms with van der Waals surface area (Å²) in [5, 5.41) is 13.8. The summed E-state index contributed by atoms with van der Waals surface area (Å²) in [4.78, 5) is 0. The number of anilines is 2. The third kappa shape index (κ3) is 4.00. The van der Waals surface area contributed by atoms with Crippen LogP contribution in [-0.4, -0.2) is 33.8 Å². The van der Waals surface area contributed by atoms with Crippen LogP contribution >= 0.6 is 0 Å². The smallest absolute Gasteiger partial charge is 0.300 e. The van der Waals surface area contributed by atoms with Crippen LogP contribution in [0.2, 0.25) is 0 Å². The zero-order valence-corrected chi connectivity index (χ0v) is 10.8. The molecule has 0 aliphatic heterocycles. The summed E-state index contributed by atoms with van der Waals surface area (Å²) in [5.74, 6) is 0.805. The van der Waals surface area contributed by atoms with E-state index in [0.717, 1.165) is 25.7 Å². The topological polar surface area (TPSA) is 148 Å². The van der Waals surface area contributed by atoms with E-state index >= 15 is 0 Å². The highest BCUT2D eigenvalue weighted by Gasteiger charge is 2.07. The van der Waals surface area contributed by atoms with Crippen molar-refractivity contribution in [1.29, 1.82) is 0 Å². The fraction of sp³-hybridized carbons (Fsp3) is 0.600. The highest BCUT2D eigenvalue weighted by atomic mass is 16.6. The molecule has 0 aromatic carbocycles. The summed E-state index contributed by atoms with van der Waals surface area (Å²) in [5.41, 5.74) is 10.9. The Morgan fingerprint density at radius 2 is 1.15 bits per heavy atom. The molecule has 0 aliphatic rings. The first-order chi connectivity index (χ1) is 9.77. The molecule has 0 fully saturated rings. The second-order valence-corrected chi connectivity index (χ2v) is 4.02. The molecule has 0 aliphatic carbocycles. The van der Waals surface area contributed by atoms with Crippen molar-refractivity contribution in [2.24, 2.45) is 0 Å². The molecule has 20 heavy (non-hydrogen) atoms. The molecule has 2 heterocycles. The number of unbranched alkanes of at least 4 members (excludes halogenated alkanes) is 3. The van der Waals surface area contributed by atoms with Crippen LogP contribution in [0.5, 0.6) is 11.8 Å². The van der Waals surface area contributed by atoms with Crippen molar-refractivity contribution < 1.29 is 18.7 Å². The van der Waals surface area contributed by atoms with Crippen LogP contribution in [-0.2, 0) is 0 Å². The molecule has 10 heteroatoms. The lowest BCUT2D eigenvalue weighted by Gasteiger charge is -2.03. The van der Waals surface area contributed by atoms with Crippen molar-refractivity contribution in [3.63, 3.8) is 0 Å². The van der Waals surface area contributed by atoms with Crippen molar-refractivity contribution in [2.75, 3.05) is 24.7 Å². The summed E-state index contributed by atoms with van der Waals surface area (Å²) >= 11 is 0. The molecule has 2 aromatic heterocycles. The second kappa shape index (κ2) is 7.16. The molecule has 110 valence electrons. The highest BCUT2D eigenvalue weighted by molar-refractivity contribution is 5.37. The molecule has 2 rings (SSSR count). The van der Waals surface area contributed by atoms with Gasteiger partial charge in [0.2, 0.25) is 11.6 Å². The average Bonchev–Trinajstić information content (AvgIpc) is 3.02. The Kier molecular flexibility index (Phi) is 4.98. The van der Waals surface area contributed by atoms with Crippen molar-refractivity contribution in [3.8, 4) is 11.8 Å². The number of rotatable bonds is 9. The second-order valence-electron chi connectivity index (χ2n) is 4.02. The number of nitrogens with two attached hydrogens (primary N) is 2. The lowest BCUT2D eigenvalue weighted by molar-refractivity contribution is 0.242. The van der Waals surface area contributed by atoms with E-state index in [9.17, 15) is 0 Å². The number of hydrogen-bond donors (Lipinski definition) is 2. The van der Waals surface area contributed by atoms with Crippen LogP contribution in [0.4, 0.5) is 11.6 Å². The molecule has 0 radical (unpaired) electrons. The van der Waals surface area contributed by atoms with Gasteiger partial charge >= 0.3 is 0 Å². The third-order valence-corrected chi connectivity index (χ3v) is 2.48. The molecular weight excluding hydrogens is 268 g/mol. The van der Waals surface area contributed by atoms with E-state index in [1.807, 2.05) is 0 Å². The van der Waals surface area contributed by atoms with Crippen LogP contribution in [0.3, 0.4) is 0 Å². The molecule has 0 bridgehead atoms. The van der Waals surface area contributed by atoms with Gasteiger partial charge in [-0.05, 0) is 46.3 Å². The van der Waals surface area contributed by atoms with Crippen molar-refractivity contribution in [2.45, 2.75) is 25.7 Å². The molecule has 2 aromatic rings. The molecule has 0 atom stereocenters. The number of nitrogens with zero attached hydrogens (tertiary/aromatic N) is 4. The van der Waals surface area contributed by atoms with E-state index in [4.69, 9.17) is 20.9 Å². The van der Waals surface area contributed by atoms with Gasteiger partial charge in [0, 0.05) is 0 Å². The largest absolute Gasteiger partial charge is 0.473 e. The van der Waals surface area contributed by atoms with Gasteiger partial charge in [0.1, 0.15) is 0 Å². The van der Waals surface area contributed by atoms with Crippen LogP contribution in [0, 0.1) is 0 Å². The lowest BCUT2D eigenvalue weighted by atomic mass is 10.2. The van der Waals surface area contributed by atoms with Crippen LogP contribution in [0.15, 0.2) is 9.26 Å². The Morgan fingerprint density at radius 3 is 1.50 bits per heavy atom. The number of nitrogen functional groups attached to an aromatic ring is 2. The summed E-state index contributed by atoms with van der Waals surface area (Å²) in [7, 11) is 0. The first kappa shape index (κ1) is 13.9. The van der Waals surface area contributed by atoms with E-state index in [0.29, 0.717) is 13.2 Å². The van der Waals surface area contributed by atoms with Crippen molar-refractivity contribution >= 4 is 11.6 Å². The minimum Gasteiger partial charge on any atom is -0.473 e. The average molecular weight is 284 g/mol. The summed E-state index contributed by atoms with van der Waals surface area (Å²) < 4.78 is 19.4. The molecule has 0 unspecified atom stereocenters. The first-order valence-corrected chi connectivity index (χ1v) is 6.19. The van der Waals surface area contributed by atoms with E-state index in [1.54, 1.807) is 0 Å². The maximum atomic E-state index is 5.44. The molecule has 0 saturated carbocycles. The zero-order valence-electron chi connectivity index (χ0n) is 10.8. The predicted octanol–water partition coefficient (Wildman–Crippen LogP) is 0.635. The minimum absolute atomic E-state index is 0.164. The summed E-state index contributed by atoms with van der Waals surface area (Å²) in [6, 6.07) is 0. The van der Waals surface area contributed by atoms with Crippen molar-refractivity contribution in [3.05, 3.63) is 0 Å². The normalized spacial score (nSPS) is 10.6. The third-order valence-electron chi connectivity index (χ3n) is 2.48. The molecule has 0 saturated heterocycles. The Labute approximate surface area is 114 Å². The monoisotopic (exact) mass is 284 g/mol. The standard InChI is InChI=1S/C10H16N6O4/c11-7-9(15-19-13-7)17-5-3-1-2-4-6-18-10-8(12)14-20-16-10/h1-6H2,(H2,11,13)(H2,12,14). The maximum absolute atomic E-state index is 5.44. The Balaban J connectivity index is 1.46. The van der Waals surface area contributed by atoms with E-state index in [-0.39, 0.29) is 23.4 Å². The molecule has 0 spiro atoms. The first-order valence-electron chi connectivity index (χ1n) is 6.19. The highest BCUT2D eigenvalue weighted by Crippen LogP contribution is 2.15. The lowest BCUT2D eigenvalue weighted by Crippen LogP contribution is -2.02. The summed E-state index contributed by atoms with van der Waals surface area (Å²) in [6.07, 6.45) is 3.72. The predicted molar refractivity (Wildman–Crippen MR) is 66.9 cm³/mol. The van der Waals surface area contributed by atoms with Gasteiger partial charge in [0.25, 0.3) is 11.8 Å². The van der Waals surface area contributed by atoms with Gasteiger partial charge < -0.3 is 20.9 Å². The van der Waals surface area contributed by atoms with Crippen molar-refractivity contribution in [1.82, 2.24) is 20.6 Å². The Morgan fingerprint density at radius 1 is 0.700 bits per heavy atom. The fourth-order valence-corrected chi connectivity index (χ4v) is 1.47. The van der Waals surface area contributed by atoms with Crippen LogP contribution < -0.4 is 20.9 Å². The van der Waals surface area contributed by atoms with Gasteiger partial charge in [-0.25, -0.2) is 9.26 Å². The van der Waals surface area contributed by atoms with E-state index < -0.39 is 0 Å². The Bertz CT molecular complexity index is 467. The van der Waals surface area contributed by atoms with Gasteiger partial charge in [0.05, 0.1) is 13.2 Å². The van der Waals surface area contributed by atoms with Gasteiger partial charge in [-0.15, -0.1) is 0 Å². The van der Waals surface area contributed by atoms with Crippen LogP contribution in [0.25, 0.3) is 0 Å². The van der Waals surface area contributed by atoms with Gasteiger partial charge in [-0.2, -0.15) is 0 Å². The Hall–Kier alpha value is -2.52. The fourth-order valence-electron chi connectivity index (χ4n) is 1.47. The number of hydrogen-bond acceptors (Lipinski definition) is 10. The molecule has 0 amide bonds. The zero-order chi connectivity index (χ0) is 14.2. The van der Waals surface area contributed by atoms with Gasteiger partial charge in [0.15, 0.2) is 0 Å². The van der Waals surface area contributed by atoms with Crippen LogP contribution in [0.1, 0.15) is 25.7 Å². The molecule has 10 nitrogen and oxygen atoms in total. The van der Waals surface area contributed by atoms with Gasteiger partial charge in [-0.3, -0.25) is 0 Å². The number of aromatic nitrogens is 4. The van der Waals surface area contributed by atoms with Gasteiger partial charge in [-0.1, -0.05) is 0 Å². The molecular formula is C10H16N6O4. The van der Waals surface area contributed by atoms with E-state index in [2.05, 4.69) is 29.9 Å². The van der Waals surface area contributed by atoms with E-state index in [1.165, 1.54) is 0 Å². The quantitative estimate of drug-likeness (QED) is 0.628. The molecule has 4 N–H and O–H groups in total.